The van der Waals surface area contributed by atoms with Crippen LogP contribution in [0.2, 0.25) is 0 Å². The molecule has 100 heavy (non-hydrogen) atoms. The van der Waals surface area contributed by atoms with Crippen molar-refractivity contribution < 1.29 is 80.2 Å². The van der Waals surface area contributed by atoms with Crippen LogP contribution < -0.4 is 0 Å². The summed E-state index contributed by atoms with van der Waals surface area (Å²) in [5.41, 5.74) is 0. The molecule has 0 spiro atoms. The Morgan fingerprint density at radius 1 is 0.290 bits per heavy atom. The summed E-state index contributed by atoms with van der Waals surface area (Å²) in [6.07, 6.45) is 59.8. The molecule has 0 amide bonds. The van der Waals surface area contributed by atoms with Gasteiger partial charge in [0.1, 0.15) is 19.3 Å². The molecule has 0 rings (SSSR count). The molecular formula is C81H158O17P2. The first-order valence-corrected chi connectivity index (χ1v) is 44.9. The zero-order valence-corrected chi connectivity index (χ0v) is 67.5. The summed E-state index contributed by atoms with van der Waals surface area (Å²) in [6.45, 7) is 11.9. The fraction of sp³-hybridized carbons (Fsp3) is 0.951. The van der Waals surface area contributed by atoms with Crippen molar-refractivity contribution >= 4 is 39.5 Å². The smallest absolute Gasteiger partial charge is 0.462 e. The van der Waals surface area contributed by atoms with Gasteiger partial charge in [-0.05, 0) is 43.4 Å². The van der Waals surface area contributed by atoms with Crippen LogP contribution in [0.15, 0.2) is 0 Å². The number of aliphatic hydroxyl groups excluding tert-OH is 1. The molecule has 0 saturated heterocycles. The van der Waals surface area contributed by atoms with E-state index < -0.39 is 97.5 Å². The Morgan fingerprint density at radius 2 is 0.510 bits per heavy atom. The van der Waals surface area contributed by atoms with Gasteiger partial charge in [-0.2, -0.15) is 0 Å². The van der Waals surface area contributed by atoms with Crippen LogP contribution in [0, 0.1) is 17.8 Å². The fourth-order valence-electron chi connectivity index (χ4n) is 12.4. The highest BCUT2D eigenvalue weighted by Crippen LogP contribution is 2.45. The van der Waals surface area contributed by atoms with E-state index in [9.17, 15) is 43.2 Å². The van der Waals surface area contributed by atoms with Crippen molar-refractivity contribution in [3.8, 4) is 0 Å². The number of hydrogen-bond donors (Lipinski definition) is 3. The molecule has 17 nitrogen and oxygen atoms in total. The lowest BCUT2D eigenvalue weighted by atomic mass is 9.99. The number of esters is 4. The topological polar surface area (TPSA) is 237 Å². The minimum atomic E-state index is -4.96. The lowest BCUT2D eigenvalue weighted by Gasteiger charge is -2.21. The number of carbonyl (C=O) groups is 4. The molecule has 7 atom stereocenters. The van der Waals surface area contributed by atoms with Crippen LogP contribution in [-0.4, -0.2) is 96.7 Å². The molecule has 0 bridgehead atoms. The highest BCUT2D eigenvalue weighted by molar-refractivity contribution is 7.47. The van der Waals surface area contributed by atoms with Crippen LogP contribution in [0.5, 0.6) is 0 Å². The average molecular weight is 1470 g/mol. The second-order valence-corrected chi connectivity index (χ2v) is 33.0. The summed E-state index contributed by atoms with van der Waals surface area (Å²) in [5, 5.41) is 10.6. The monoisotopic (exact) mass is 1470 g/mol. The van der Waals surface area contributed by atoms with E-state index in [0.29, 0.717) is 31.6 Å². The standard InChI is InChI=1S/C81H158O17P2/c1-8-11-12-13-14-15-16-17-18-19-20-21-22-23-28-31-34-42-50-57-64-80(85)97-76(68-91-78(83)62-55-48-41-33-30-27-25-24-26-29-32-39-46-53-60-73(6)9-2)70-95-99(87,88)93-66-75(82)67-94-100(89,90)96-71-77(69-92-79(84)63-56-49-44-37-38-45-52-59-72(4)5)98-81(86)65-58-51-43-36-35-40-47-54-61-74(7)10-3/h72-77,82H,8-71H2,1-7H3,(H,87,88)(H,89,90)/t73?,74?,75-,76-,77-/m1/s1. The number of carbonyl (C=O) groups excluding carboxylic acids is 4. The predicted octanol–water partition coefficient (Wildman–Crippen LogP) is 24.1. The minimum Gasteiger partial charge on any atom is -0.462 e. The number of rotatable bonds is 79. The molecule has 3 N–H and O–H groups in total. The Bertz CT molecular complexity index is 1940. The van der Waals surface area contributed by atoms with E-state index in [0.717, 1.165) is 108 Å². The molecule has 19 heteroatoms. The molecule has 0 saturated carbocycles. The van der Waals surface area contributed by atoms with Crippen molar-refractivity contribution in [2.75, 3.05) is 39.6 Å². The van der Waals surface area contributed by atoms with Crippen molar-refractivity contribution in [2.45, 2.75) is 439 Å². The first kappa shape index (κ1) is 98.1. The van der Waals surface area contributed by atoms with E-state index in [4.69, 9.17) is 37.0 Å². The number of phosphoric acid groups is 2. The maximum absolute atomic E-state index is 13.1. The third-order valence-corrected chi connectivity index (χ3v) is 21.5. The number of hydrogen-bond acceptors (Lipinski definition) is 15. The Balaban J connectivity index is 5.23. The summed E-state index contributed by atoms with van der Waals surface area (Å²) in [6, 6.07) is 0. The molecule has 0 aromatic rings. The summed E-state index contributed by atoms with van der Waals surface area (Å²) in [7, 11) is -9.92. The zero-order chi connectivity index (χ0) is 73.7. The third-order valence-electron chi connectivity index (χ3n) is 19.6. The van der Waals surface area contributed by atoms with Gasteiger partial charge >= 0.3 is 39.5 Å². The molecule has 0 aromatic carbocycles. The Hall–Kier alpha value is -1.94. The van der Waals surface area contributed by atoms with E-state index in [1.165, 1.54) is 225 Å². The number of unbranched alkanes of at least 4 members (excludes halogenated alkanes) is 45. The van der Waals surface area contributed by atoms with Crippen LogP contribution in [-0.2, 0) is 65.4 Å². The predicted molar refractivity (Wildman–Crippen MR) is 409 cm³/mol. The largest absolute Gasteiger partial charge is 0.472 e. The van der Waals surface area contributed by atoms with E-state index >= 15 is 0 Å². The number of aliphatic hydroxyl groups is 1. The first-order valence-electron chi connectivity index (χ1n) is 41.9. The van der Waals surface area contributed by atoms with Gasteiger partial charge in [-0.3, -0.25) is 37.3 Å². The van der Waals surface area contributed by atoms with Crippen LogP contribution in [0.1, 0.15) is 421 Å². The van der Waals surface area contributed by atoms with Crippen LogP contribution in [0.4, 0.5) is 0 Å². The van der Waals surface area contributed by atoms with E-state index in [1.54, 1.807) is 0 Å². The Morgan fingerprint density at radius 3 is 0.760 bits per heavy atom. The molecule has 0 radical (unpaired) electrons. The first-order chi connectivity index (χ1) is 48.3. The quantitative estimate of drug-likeness (QED) is 0.0222. The lowest BCUT2D eigenvalue weighted by molar-refractivity contribution is -0.161. The molecule has 0 heterocycles. The lowest BCUT2D eigenvalue weighted by Crippen LogP contribution is -2.30. The van der Waals surface area contributed by atoms with Crippen molar-refractivity contribution in [3.05, 3.63) is 0 Å². The third kappa shape index (κ3) is 71.7. The maximum Gasteiger partial charge on any atom is 0.472 e. The molecule has 4 unspecified atom stereocenters. The summed E-state index contributed by atoms with van der Waals surface area (Å²) >= 11 is 0. The number of phosphoric ester groups is 2. The van der Waals surface area contributed by atoms with Crippen LogP contribution in [0.3, 0.4) is 0 Å². The van der Waals surface area contributed by atoms with Crippen molar-refractivity contribution in [3.63, 3.8) is 0 Å². The van der Waals surface area contributed by atoms with Crippen molar-refractivity contribution in [2.24, 2.45) is 17.8 Å². The van der Waals surface area contributed by atoms with Gasteiger partial charge in [0.2, 0.25) is 0 Å². The van der Waals surface area contributed by atoms with Gasteiger partial charge in [-0.1, -0.05) is 370 Å². The SMILES string of the molecule is CCCCCCCCCCCCCCCCCCCCCCC(=O)O[C@H](COC(=O)CCCCCCCCCCCCCCCCC(C)CC)COP(=O)(O)OC[C@@H](O)COP(=O)(O)OC[C@@H](COC(=O)CCCCCCCCCC(C)C)OC(=O)CCCCCCCCCCC(C)CC. The second-order valence-electron chi connectivity index (χ2n) is 30.1. The summed E-state index contributed by atoms with van der Waals surface area (Å²) in [5.74, 6) is 0.210. The van der Waals surface area contributed by atoms with Gasteiger partial charge in [0, 0.05) is 25.7 Å². The van der Waals surface area contributed by atoms with Gasteiger partial charge < -0.3 is 33.8 Å². The fourth-order valence-corrected chi connectivity index (χ4v) is 14.0. The molecule has 0 aliphatic carbocycles. The highest BCUT2D eigenvalue weighted by Gasteiger charge is 2.30. The van der Waals surface area contributed by atoms with E-state index in [2.05, 4.69) is 48.5 Å². The van der Waals surface area contributed by atoms with Gasteiger partial charge in [0.05, 0.1) is 26.4 Å². The molecule has 0 aliphatic heterocycles. The normalized spacial score (nSPS) is 14.5. The minimum absolute atomic E-state index is 0.104. The Kier molecular flexibility index (Phi) is 69.9. The maximum atomic E-state index is 13.1. The summed E-state index contributed by atoms with van der Waals surface area (Å²) in [4.78, 5) is 73.0. The molecule has 0 aromatic heterocycles. The van der Waals surface area contributed by atoms with Crippen molar-refractivity contribution in [1.82, 2.24) is 0 Å². The van der Waals surface area contributed by atoms with Crippen LogP contribution in [0.25, 0.3) is 0 Å². The molecule has 594 valence electrons. The Labute approximate surface area is 613 Å². The number of ether oxygens (including phenoxy) is 4. The molecule has 0 fully saturated rings. The van der Waals surface area contributed by atoms with Crippen molar-refractivity contribution in [1.29, 1.82) is 0 Å². The highest BCUT2D eigenvalue weighted by atomic mass is 31.2. The molecule has 0 aliphatic rings. The van der Waals surface area contributed by atoms with Gasteiger partial charge in [0.15, 0.2) is 12.2 Å². The second kappa shape index (κ2) is 71.3. The van der Waals surface area contributed by atoms with Gasteiger partial charge in [-0.25, -0.2) is 9.13 Å². The van der Waals surface area contributed by atoms with E-state index in [-0.39, 0.29) is 25.7 Å². The van der Waals surface area contributed by atoms with Crippen LogP contribution >= 0.6 is 15.6 Å². The van der Waals surface area contributed by atoms with Gasteiger partial charge in [0.25, 0.3) is 0 Å². The average Bonchev–Trinajstić information content (AvgIpc) is 0.927. The van der Waals surface area contributed by atoms with Gasteiger partial charge in [-0.15, -0.1) is 0 Å². The molecular weight excluding hydrogens is 1310 g/mol. The van der Waals surface area contributed by atoms with E-state index in [1.807, 2.05) is 0 Å². The zero-order valence-electron chi connectivity index (χ0n) is 65.7. The summed E-state index contributed by atoms with van der Waals surface area (Å²) < 4.78 is 68.7.